The molecule has 0 fully saturated rings. The Bertz CT molecular complexity index is 528. The van der Waals surface area contributed by atoms with E-state index in [0.717, 1.165) is 0 Å². The number of benzene rings is 1. The average molecular weight is 216 g/mol. The van der Waals surface area contributed by atoms with Crippen LogP contribution >= 0.6 is 0 Å². The largest absolute Gasteiger partial charge is 0.339 e. The lowest BCUT2D eigenvalue weighted by atomic mass is 10.2. The molecule has 0 unspecified atom stereocenters. The molecule has 2 rings (SSSR count). The molecule has 0 bridgehead atoms. The molecule has 1 aromatic heterocycles. The molecule has 0 amide bonds. The summed E-state index contributed by atoms with van der Waals surface area (Å²) in [6.45, 7) is 0. The smallest absolute Gasteiger partial charge is 0.227 e. The van der Waals surface area contributed by atoms with E-state index in [9.17, 15) is 4.39 Å². The summed E-state index contributed by atoms with van der Waals surface area (Å²) in [6, 6.07) is 6.28. The van der Waals surface area contributed by atoms with Gasteiger partial charge in [0.15, 0.2) is 0 Å². The minimum Gasteiger partial charge on any atom is -0.339 e. The van der Waals surface area contributed by atoms with Gasteiger partial charge in [-0.1, -0.05) is 17.3 Å². The number of halogens is 1. The second-order valence-electron chi connectivity index (χ2n) is 3.20. The summed E-state index contributed by atoms with van der Waals surface area (Å²) in [5, 5.41) is 3.71. The van der Waals surface area contributed by atoms with Crippen LogP contribution in [0.2, 0.25) is 0 Å². The first-order valence-corrected chi connectivity index (χ1v) is 4.82. The number of terminal acetylenes is 1. The van der Waals surface area contributed by atoms with Crippen molar-refractivity contribution in [3.8, 4) is 23.7 Å². The van der Waals surface area contributed by atoms with E-state index in [2.05, 4.69) is 16.1 Å². The molecule has 0 saturated heterocycles. The normalized spacial score (nSPS) is 10.0. The van der Waals surface area contributed by atoms with Crippen molar-refractivity contribution in [3.05, 3.63) is 36.0 Å². The van der Waals surface area contributed by atoms with E-state index in [1.165, 1.54) is 6.07 Å². The fraction of sp³-hybridized carbons (Fsp3) is 0.167. The Morgan fingerprint density at radius 3 is 2.94 bits per heavy atom. The molecule has 80 valence electrons. The molecule has 2 aromatic rings. The van der Waals surface area contributed by atoms with Gasteiger partial charge in [-0.15, -0.1) is 12.3 Å². The molecule has 0 aliphatic carbocycles. The van der Waals surface area contributed by atoms with Crippen LogP contribution < -0.4 is 0 Å². The number of aromatic nitrogens is 2. The van der Waals surface area contributed by atoms with Crippen LogP contribution in [0.3, 0.4) is 0 Å². The van der Waals surface area contributed by atoms with Crippen LogP contribution in [-0.2, 0) is 6.42 Å². The highest BCUT2D eigenvalue weighted by molar-refractivity contribution is 5.54. The highest BCUT2D eigenvalue weighted by atomic mass is 19.1. The van der Waals surface area contributed by atoms with Crippen molar-refractivity contribution in [2.75, 3.05) is 0 Å². The van der Waals surface area contributed by atoms with Crippen molar-refractivity contribution in [3.63, 3.8) is 0 Å². The molecule has 3 nitrogen and oxygen atoms in total. The van der Waals surface area contributed by atoms with Crippen molar-refractivity contribution in [2.24, 2.45) is 0 Å². The highest BCUT2D eigenvalue weighted by Crippen LogP contribution is 2.19. The Morgan fingerprint density at radius 1 is 1.38 bits per heavy atom. The van der Waals surface area contributed by atoms with Crippen molar-refractivity contribution in [1.82, 2.24) is 10.1 Å². The van der Waals surface area contributed by atoms with Gasteiger partial charge in [-0.2, -0.15) is 4.98 Å². The van der Waals surface area contributed by atoms with Gasteiger partial charge in [0.25, 0.3) is 0 Å². The second-order valence-corrected chi connectivity index (χ2v) is 3.20. The first-order chi connectivity index (χ1) is 7.81. The maximum Gasteiger partial charge on any atom is 0.227 e. The number of rotatable bonds is 3. The van der Waals surface area contributed by atoms with Gasteiger partial charge in [0, 0.05) is 12.8 Å². The zero-order valence-electron chi connectivity index (χ0n) is 8.48. The molecular formula is C12H9FN2O. The summed E-state index contributed by atoms with van der Waals surface area (Å²) in [6.07, 6.45) is 6.16. The summed E-state index contributed by atoms with van der Waals surface area (Å²) >= 11 is 0. The molecule has 1 heterocycles. The Kier molecular flexibility index (Phi) is 2.97. The fourth-order valence-electron chi connectivity index (χ4n) is 1.29. The lowest BCUT2D eigenvalue weighted by Gasteiger charge is -1.94. The summed E-state index contributed by atoms with van der Waals surface area (Å²) in [5.74, 6) is 2.79. The van der Waals surface area contributed by atoms with Gasteiger partial charge in [-0.3, -0.25) is 0 Å². The molecule has 0 N–H and O–H groups in total. The SMILES string of the molecule is C#CCCc1nc(-c2ccccc2F)no1. The van der Waals surface area contributed by atoms with Crippen molar-refractivity contribution >= 4 is 0 Å². The first-order valence-electron chi connectivity index (χ1n) is 4.82. The van der Waals surface area contributed by atoms with Crippen LogP contribution in [0.1, 0.15) is 12.3 Å². The quantitative estimate of drug-likeness (QED) is 0.740. The molecule has 16 heavy (non-hydrogen) atoms. The van der Waals surface area contributed by atoms with E-state index in [-0.39, 0.29) is 11.6 Å². The molecule has 0 radical (unpaired) electrons. The summed E-state index contributed by atoms with van der Waals surface area (Å²) in [5.41, 5.74) is 0.332. The minimum atomic E-state index is -0.369. The molecule has 0 spiro atoms. The van der Waals surface area contributed by atoms with E-state index in [1.54, 1.807) is 18.2 Å². The van der Waals surface area contributed by atoms with Gasteiger partial charge < -0.3 is 4.52 Å². The van der Waals surface area contributed by atoms with Crippen LogP contribution in [0, 0.1) is 18.2 Å². The number of aryl methyl sites for hydroxylation is 1. The molecule has 4 heteroatoms. The Balaban J connectivity index is 2.26. The predicted molar refractivity (Wildman–Crippen MR) is 56.8 cm³/mol. The van der Waals surface area contributed by atoms with Gasteiger partial charge in [0.05, 0.1) is 5.56 Å². The molecule has 0 atom stereocenters. The third-order valence-corrected chi connectivity index (χ3v) is 2.07. The van der Waals surface area contributed by atoms with Crippen molar-refractivity contribution < 1.29 is 8.91 Å². The van der Waals surface area contributed by atoms with Crippen molar-refractivity contribution in [1.29, 1.82) is 0 Å². The molecule has 1 aromatic carbocycles. The lowest BCUT2D eigenvalue weighted by molar-refractivity contribution is 0.380. The second kappa shape index (κ2) is 4.58. The van der Waals surface area contributed by atoms with Crippen LogP contribution in [0.25, 0.3) is 11.4 Å². The van der Waals surface area contributed by atoms with Crippen LogP contribution in [-0.4, -0.2) is 10.1 Å². The summed E-state index contributed by atoms with van der Waals surface area (Å²) < 4.78 is 18.3. The summed E-state index contributed by atoms with van der Waals surface area (Å²) in [7, 11) is 0. The van der Waals surface area contributed by atoms with Gasteiger partial charge >= 0.3 is 0 Å². The Labute approximate surface area is 92.3 Å². The highest BCUT2D eigenvalue weighted by Gasteiger charge is 2.11. The molecule has 0 saturated carbocycles. The van der Waals surface area contributed by atoms with E-state index in [0.29, 0.717) is 24.3 Å². The number of hydrogen-bond donors (Lipinski definition) is 0. The van der Waals surface area contributed by atoms with Gasteiger partial charge in [-0.25, -0.2) is 4.39 Å². The van der Waals surface area contributed by atoms with Crippen LogP contribution in [0.15, 0.2) is 28.8 Å². The number of hydrogen-bond acceptors (Lipinski definition) is 3. The van der Waals surface area contributed by atoms with Gasteiger partial charge in [-0.05, 0) is 12.1 Å². The summed E-state index contributed by atoms with van der Waals surface area (Å²) in [4.78, 5) is 4.07. The third kappa shape index (κ3) is 2.09. The Morgan fingerprint density at radius 2 is 2.19 bits per heavy atom. The molecule has 0 aliphatic rings. The van der Waals surface area contributed by atoms with E-state index >= 15 is 0 Å². The first kappa shape index (κ1) is 10.4. The fourth-order valence-corrected chi connectivity index (χ4v) is 1.29. The maximum absolute atomic E-state index is 13.4. The van der Waals surface area contributed by atoms with Crippen LogP contribution in [0.5, 0.6) is 0 Å². The number of nitrogens with zero attached hydrogens (tertiary/aromatic N) is 2. The molecular weight excluding hydrogens is 207 g/mol. The van der Waals surface area contributed by atoms with E-state index < -0.39 is 0 Å². The monoisotopic (exact) mass is 216 g/mol. The minimum absolute atomic E-state index is 0.255. The van der Waals surface area contributed by atoms with E-state index in [1.807, 2.05) is 0 Å². The van der Waals surface area contributed by atoms with E-state index in [4.69, 9.17) is 10.9 Å². The zero-order valence-corrected chi connectivity index (χ0v) is 8.48. The van der Waals surface area contributed by atoms with Gasteiger partial charge in [0.1, 0.15) is 5.82 Å². The van der Waals surface area contributed by atoms with Crippen LogP contribution in [0.4, 0.5) is 4.39 Å². The van der Waals surface area contributed by atoms with Crippen molar-refractivity contribution in [2.45, 2.75) is 12.8 Å². The standard InChI is InChI=1S/C12H9FN2O/c1-2-3-8-11-14-12(15-16-11)9-6-4-5-7-10(9)13/h1,4-7H,3,8H2. The lowest BCUT2D eigenvalue weighted by Crippen LogP contribution is -1.87. The molecule has 0 aliphatic heterocycles. The maximum atomic E-state index is 13.4. The Hall–Kier alpha value is -2.15. The topological polar surface area (TPSA) is 38.9 Å². The average Bonchev–Trinajstić information content (AvgIpc) is 2.75. The van der Waals surface area contributed by atoms with Gasteiger partial charge in [0.2, 0.25) is 11.7 Å². The zero-order chi connectivity index (χ0) is 11.4. The third-order valence-electron chi connectivity index (χ3n) is 2.07. The predicted octanol–water partition coefficient (Wildman–Crippen LogP) is 2.44.